The van der Waals surface area contributed by atoms with Crippen molar-refractivity contribution in [2.24, 2.45) is 7.05 Å². The Bertz CT molecular complexity index is 1690. The summed E-state index contributed by atoms with van der Waals surface area (Å²) in [6.45, 7) is 3.57. The number of aromatic amines is 1. The van der Waals surface area contributed by atoms with Gasteiger partial charge >= 0.3 is 0 Å². The van der Waals surface area contributed by atoms with E-state index in [0.717, 1.165) is 15.8 Å². The molecular weight excluding hydrogens is 503 g/mol. The largest absolute Gasteiger partial charge is 0.334 e. The molecule has 0 spiro atoms. The molecule has 0 aliphatic heterocycles. The van der Waals surface area contributed by atoms with Crippen molar-refractivity contribution in [1.82, 2.24) is 20.0 Å². The van der Waals surface area contributed by atoms with E-state index in [9.17, 15) is 14.0 Å². The Morgan fingerprint density at radius 2 is 1.97 bits per heavy atom. The number of hydrogen-bond donors (Lipinski definition) is 3. The van der Waals surface area contributed by atoms with Crippen LogP contribution in [0.2, 0.25) is 5.02 Å². The molecule has 0 saturated heterocycles. The standard InChI is InChI=1S/C25H20ClFN6O2S/c1-12-9-22(32-33(12)3)28-19-11-18(30-31-24(19)34)14-7-8-17(27)23(13(14)2)29-25(35)21-10-15-16(26)5-4-6-20(15)36-21/h4-11H,1-3H3,(H,29,35)(H,31,34)(H,28,30,32). The van der Waals surface area contributed by atoms with Gasteiger partial charge < -0.3 is 10.6 Å². The fourth-order valence-electron chi connectivity index (χ4n) is 3.82. The van der Waals surface area contributed by atoms with Crippen LogP contribution < -0.4 is 16.2 Å². The number of benzene rings is 2. The number of H-pyrrole nitrogens is 1. The zero-order chi connectivity index (χ0) is 25.6. The maximum absolute atomic E-state index is 14.8. The van der Waals surface area contributed by atoms with Crippen molar-refractivity contribution in [1.29, 1.82) is 0 Å². The molecule has 5 rings (SSSR count). The molecule has 0 bridgehead atoms. The summed E-state index contributed by atoms with van der Waals surface area (Å²) >= 11 is 7.50. The van der Waals surface area contributed by atoms with E-state index in [-0.39, 0.29) is 11.4 Å². The molecule has 0 fully saturated rings. The van der Waals surface area contributed by atoms with Gasteiger partial charge in [0.1, 0.15) is 11.5 Å². The minimum Gasteiger partial charge on any atom is -0.334 e. The number of rotatable bonds is 5. The highest BCUT2D eigenvalue weighted by atomic mass is 35.5. The molecule has 0 unspecified atom stereocenters. The van der Waals surface area contributed by atoms with E-state index >= 15 is 0 Å². The van der Waals surface area contributed by atoms with E-state index in [1.54, 1.807) is 49.0 Å². The van der Waals surface area contributed by atoms with Crippen LogP contribution in [0.25, 0.3) is 21.3 Å². The molecule has 0 radical (unpaired) electrons. The van der Waals surface area contributed by atoms with Crippen LogP contribution >= 0.6 is 22.9 Å². The molecule has 5 aromatic rings. The van der Waals surface area contributed by atoms with Gasteiger partial charge in [-0.25, -0.2) is 9.49 Å². The number of amides is 1. The lowest BCUT2D eigenvalue weighted by atomic mass is 10.0. The SMILES string of the molecule is Cc1c(-c2cc(Nc3cc(C)n(C)n3)c(=O)[nH]n2)ccc(F)c1NC(=O)c1cc2c(Cl)cccc2s1. The van der Waals surface area contributed by atoms with E-state index in [4.69, 9.17) is 11.6 Å². The molecule has 2 aromatic carbocycles. The third-order valence-electron chi connectivity index (χ3n) is 5.84. The van der Waals surface area contributed by atoms with Crippen LogP contribution in [-0.4, -0.2) is 25.9 Å². The van der Waals surface area contributed by atoms with Crippen molar-refractivity contribution in [2.75, 3.05) is 10.6 Å². The lowest BCUT2D eigenvalue weighted by Gasteiger charge is -2.13. The number of anilines is 3. The average molecular weight is 523 g/mol. The van der Waals surface area contributed by atoms with E-state index in [1.807, 2.05) is 19.1 Å². The van der Waals surface area contributed by atoms with Gasteiger partial charge in [-0.15, -0.1) is 11.3 Å². The second kappa shape index (κ2) is 9.21. The number of thiophene rings is 1. The third-order valence-corrected chi connectivity index (χ3v) is 7.27. The fraction of sp³-hybridized carbons (Fsp3) is 0.120. The van der Waals surface area contributed by atoms with Crippen molar-refractivity contribution >= 4 is 56.1 Å². The quantitative estimate of drug-likeness (QED) is 0.271. The van der Waals surface area contributed by atoms with Gasteiger partial charge in [-0.1, -0.05) is 17.7 Å². The minimum absolute atomic E-state index is 0.0314. The van der Waals surface area contributed by atoms with Crippen LogP contribution in [0, 0.1) is 19.7 Å². The maximum atomic E-state index is 14.8. The van der Waals surface area contributed by atoms with E-state index in [1.165, 1.54) is 17.4 Å². The molecule has 3 N–H and O–H groups in total. The molecule has 36 heavy (non-hydrogen) atoms. The van der Waals surface area contributed by atoms with Crippen molar-refractivity contribution < 1.29 is 9.18 Å². The average Bonchev–Trinajstić information content (AvgIpc) is 3.42. The van der Waals surface area contributed by atoms with Crippen molar-refractivity contribution in [3.63, 3.8) is 0 Å². The maximum Gasteiger partial charge on any atom is 0.287 e. The normalized spacial score (nSPS) is 11.1. The van der Waals surface area contributed by atoms with E-state index < -0.39 is 17.3 Å². The number of carbonyl (C=O) groups is 1. The number of aryl methyl sites for hydroxylation is 2. The van der Waals surface area contributed by atoms with Gasteiger partial charge in [0, 0.05) is 39.5 Å². The van der Waals surface area contributed by atoms with Gasteiger partial charge in [0.15, 0.2) is 5.82 Å². The first-order valence-corrected chi connectivity index (χ1v) is 12.1. The molecular formula is C25H20ClFN6O2S. The molecule has 8 nitrogen and oxygen atoms in total. The number of aromatic nitrogens is 4. The summed E-state index contributed by atoms with van der Waals surface area (Å²) in [6, 6.07) is 13.3. The Kier molecular flexibility index (Phi) is 6.07. The molecule has 3 heterocycles. The smallest absolute Gasteiger partial charge is 0.287 e. The molecule has 11 heteroatoms. The lowest BCUT2D eigenvalue weighted by molar-refractivity contribution is 0.103. The summed E-state index contributed by atoms with van der Waals surface area (Å²) in [5, 5.41) is 17.9. The Balaban J connectivity index is 1.47. The Morgan fingerprint density at radius 1 is 1.17 bits per heavy atom. The summed E-state index contributed by atoms with van der Waals surface area (Å²) < 4.78 is 17.4. The topological polar surface area (TPSA) is 105 Å². The van der Waals surface area contributed by atoms with Crippen LogP contribution in [0.3, 0.4) is 0 Å². The molecule has 182 valence electrons. The summed E-state index contributed by atoms with van der Waals surface area (Å²) in [6.07, 6.45) is 0. The predicted molar refractivity (Wildman–Crippen MR) is 141 cm³/mol. The summed E-state index contributed by atoms with van der Waals surface area (Å²) in [5.74, 6) is -0.533. The highest BCUT2D eigenvalue weighted by Crippen LogP contribution is 2.34. The molecule has 3 aromatic heterocycles. The van der Waals surface area contributed by atoms with Crippen molar-refractivity contribution in [3.05, 3.63) is 85.9 Å². The fourth-order valence-corrected chi connectivity index (χ4v) is 5.09. The van der Waals surface area contributed by atoms with Crippen molar-refractivity contribution in [2.45, 2.75) is 13.8 Å². The summed E-state index contributed by atoms with van der Waals surface area (Å²) in [7, 11) is 1.80. The van der Waals surface area contributed by atoms with Gasteiger partial charge in [-0.2, -0.15) is 10.2 Å². The molecule has 0 aliphatic rings. The molecule has 0 atom stereocenters. The number of nitrogens with zero attached hydrogens (tertiary/aromatic N) is 3. The first-order chi connectivity index (χ1) is 17.2. The zero-order valence-corrected chi connectivity index (χ0v) is 21.0. The van der Waals surface area contributed by atoms with Crippen LogP contribution in [0.1, 0.15) is 20.9 Å². The third kappa shape index (κ3) is 4.36. The molecule has 1 amide bonds. The van der Waals surface area contributed by atoms with Crippen LogP contribution in [0.15, 0.2) is 53.3 Å². The van der Waals surface area contributed by atoms with E-state index in [0.29, 0.717) is 32.5 Å². The first kappa shape index (κ1) is 23.7. The number of nitrogens with one attached hydrogen (secondary N) is 3. The minimum atomic E-state index is -0.588. The van der Waals surface area contributed by atoms with Gasteiger partial charge in [0.2, 0.25) is 0 Å². The van der Waals surface area contributed by atoms with Crippen LogP contribution in [0.5, 0.6) is 0 Å². The number of fused-ring (bicyclic) bond motifs is 1. The number of halogens is 2. The lowest BCUT2D eigenvalue weighted by Crippen LogP contribution is -2.15. The van der Waals surface area contributed by atoms with Gasteiger partial charge in [-0.05, 0) is 55.8 Å². The van der Waals surface area contributed by atoms with Crippen molar-refractivity contribution in [3.8, 4) is 11.3 Å². The second-order valence-electron chi connectivity index (χ2n) is 8.23. The van der Waals surface area contributed by atoms with Crippen LogP contribution in [0.4, 0.5) is 21.6 Å². The van der Waals surface area contributed by atoms with Crippen LogP contribution in [-0.2, 0) is 7.05 Å². The monoisotopic (exact) mass is 522 g/mol. The number of carbonyl (C=O) groups excluding carboxylic acids is 1. The highest BCUT2D eigenvalue weighted by Gasteiger charge is 2.19. The molecule has 0 saturated carbocycles. The summed E-state index contributed by atoms with van der Waals surface area (Å²) in [5.41, 5.74) is 2.15. The van der Waals surface area contributed by atoms with E-state index in [2.05, 4.69) is 25.9 Å². The predicted octanol–water partition coefficient (Wildman–Crippen LogP) is 5.79. The Hall–Kier alpha value is -4.02. The second-order valence-corrected chi connectivity index (χ2v) is 9.72. The Labute approximate surface area is 213 Å². The summed E-state index contributed by atoms with van der Waals surface area (Å²) in [4.78, 5) is 25.8. The zero-order valence-electron chi connectivity index (χ0n) is 19.4. The van der Waals surface area contributed by atoms with Gasteiger partial charge in [-0.3, -0.25) is 14.3 Å². The van der Waals surface area contributed by atoms with Gasteiger partial charge in [0.05, 0.1) is 16.3 Å². The highest BCUT2D eigenvalue weighted by molar-refractivity contribution is 7.21. The van der Waals surface area contributed by atoms with Gasteiger partial charge in [0.25, 0.3) is 11.5 Å². The number of hydrogen-bond acceptors (Lipinski definition) is 6. The molecule has 0 aliphatic carbocycles. The Morgan fingerprint density at radius 3 is 2.69 bits per heavy atom. The first-order valence-electron chi connectivity index (χ1n) is 10.9.